The number of likely N-dealkylation sites (tertiary alicyclic amines) is 1. The first-order valence-corrected chi connectivity index (χ1v) is 11.2. The van der Waals surface area contributed by atoms with E-state index < -0.39 is 9.84 Å². The molecule has 132 valence electrons. The van der Waals surface area contributed by atoms with E-state index in [-0.39, 0.29) is 34.5 Å². The molecule has 1 aromatic carbocycles. The van der Waals surface area contributed by atoms with Gasteiger partial charge in [0.05, 0.1) is 17.3 Å². The van der Waals surface area contributed by atoms with E-state index in [4.69, 9.17) is 0 Å². The van der Waals surface area contributed by atoms with Gasteiger partial charge in [-0.25, -0.2) is 12.8 Å². The second-order valence-corrected chi connectivity index (χ2v) is 10.1. The lowest BCUT2D eigenvalue weighted by atomic mass is 10.0. The number of hydrogen-bond acceptors (Lipinski definition) is 4. The van der Waals surface area contributed by atoms with Crippen LogP contribution in [-0.4, -0.2) is 54.3 Å². The molecule has 4 nitrogen and oxygen atoms in total. The van der Waals surface area contributed by atoms with Gasteiger partial charge in [-0.1, -0.05) is 12.1 Å². The Morgan fingerprint density at radius 2 is 2.17 bits per heavy atom. The van der Waals surface area contributed by atoms with Crippen LogP contribution in [-0.2, 0) is 21.1 Å². The first-order valence-electron chi connectivity index (χ1n) is 8.29. The quantitative estimate of drug-likeness (QED) is 0.797. The van der Waals surface area contributed by atoms with E-state index >= 15 is 0 Å². The smallest absolute Gasteiger partial charge is 0.232 e. The third-order valence-electron chi connectivity index (χ3n) is 4.69. The molecule has 2 heterocycles. The normalized spacial score (nSPS) is 26.0. The van der Waals surface area contributed by atoms with Gasteiger partial charge >= 0.3 is 0 Å². The summed E-state index contributed by atoms with van der Waals surface area (Å²) in [5, 5.41) is 0.0447. The van der Waals surface area contributed by atoms with Crippen LogP contribution in [0.1, 0.15) is 24.8 Å². The van der Waals surface area contributed by atoms with Gasteiger partial charge in [0.25, 0.3) is 0 Å². The average Bonchev–Trinajstić information content (AvgIpc) is 3.11. The van der Waals surface area contributed by atoms with Gasteiger partial charge in [-0.3, -0.25) is 4.79 Å². The van der Waals surface area contributed by atoms with E-state index in [2.05, 4.69) is 0 Å². The predicted octanol–water partition coefficient (Wildman–Crippen LogP) is 2.28. The molecule has 1 aromatic rings. The molecule has 0 saturated carbocycles. The zero-order valence-electron chi connectivity index (χ0n) is 13.5. The molecule has 2 fully saturated rings. The van der Waals surface area contributed by atoms with Crippen molar-refractivity contribution in [3.8, 4) is 0 Å². The van der Waals surface area contributed by atoms with Crippen molar-refractivity contribution in [2.45, 2.75) is 37.0 Å². The molecule has 2 atom stereocenters. The molecule has 0 radical (unpaired) electrons. The van der Waals surface area contributed by atoms with Crippen molar-refractivity contribution in [3.63, 3.8) is 0 Å². The SMILES string of the molecule is O=C(CSC1CCS(=O)(=O)C1)N1CCCC1Cc1cccc(F)c1. The zero-order valence-corrected chi connectivity index (χ0v) is 15.1. The highest BCUT2D eigenvalue weighted by molar-refractivity contribution is 8.02. The number of sulfone groups is 1. The third-order valence-corrected chi connectivity index (χ3v) is 7.96. The molecule has 24 heavy (non-hydrogen) atoms. The highest BCUT2D eigenvalue weighted by Gasteiger charge is 2.32. The Kier molecular flexibility index (Phi) is 5.49. The molecule has 2 aliphatic heterocycles. The maximum Gasteiger partial charge on any atom is 0.232 e. The van der Waals surface area contributed by atoms with E-state index in [0.29, 0.717) is 18.6 Å². The van der Waals surface area contributed by atoms with Gasteiger partial charge in [0.15, 0.2) is 9.84 Å². The minimum Gasteiger partial charge on any atom is -0.339 e. The van der Waals surface area contributed by atoms with Crippen LogP contribution >= 0.6 is 11.8 Å². The number of benzene rings is 1. The number of rotatable bonds is 5. The summed E-state index contributed by atoms with van der Waals surface area (Å²) in [5.41, 5.74) is 0.911. The number of hydrogen-bond donors (Lipinski definition) is 0. The minimum atomic E-state index is -2.90. The summed E-state index contributed by atoms with van der Waals surface area (Å²) in [6.45, 7) is 0.738. The summed E-state index contributed by atoms with van der Waals surface area (Å²) >= 11 is 1.46. The maximum atomic E-state index is 13.3. The maximum absolute atomic E-state index is 13.3. The zero-order chi connectivity index (χ0) is 17.2. The Hall–Kier alpha value is -1.08. The van der Waals surface area contributed by atoms with Crippen molar-refractivity contribution in [2.75, 3.05) is 23.8 Å². The van der Waals surface area contributed by atoms with Crippen molar-refractivity contribution < 1.29 is 17.6 Å². The summed E-state index contributed by atoms with van der Waals surface area (Å²) in [6.07, 6.45) is 3.22. The number of amides is 1. The van der Waals surface area contributed by atoms with Gasteiger partial charge in [-0.2, -0.15) is 0 Å². The summed E-state index contributed by atoms with van der Waals surface area (Å²) < 4.78 is 36.3. The van der Waals surface area contributed by atoms with Gasteiger partial charge in [-0.15, -0.1) is 11.8 Å². The second-order valence-electron chi connectivity index (χ2n) is 6.55. The first kappa shape index (κ1) is 17.7. The predicted molar refractivity (Wildman–Crippen MR) is 94.4 cm³/mol. The fourth-order valence-corrected chi connectivity index (χ4v) is 7.00. The Balaban J connectivity index is 1.54. The Bertz CT molecular complexity index is 708. The summed E-state index contributed by atoms with van der Waals surface area (Å²) in [6, 6.07) is 6.66. The van der Waals surface area contributed by atoms with Crippen molar-refractivity contribution in [3.05, 3.63) is 35.6 Å². The van der Waals surface area contributed by atoms with Crippen LogP contribution in [0.25, 0.3) is 0 Å². The van der Waals surface area contributed by atoms with E-state index in [1.54, 1.807) is 6.07 Å². The van der Waals surface area contributed by atoms with Crippen molar-refractivity contribution >= 4 is 27.5 Å². The van der Waals surface area contributed by atoms with Gasteiger partial charge < -0.3 is 4.90 Å². The Morgan fingerprint density at radius 1 is 1.33 bits per heavy atom. The Morgan fingerprint density at radius 3 is 2.88 bits per heavy atom. The van der Waals surface area contributed by atoms with E-state index in [1.165, 1.54) is 23.9 Å². The number of carbonyl (C=O) groups is 1. The highest BCUT2D eigenvalue weighted by atomic mass is 32.2. The largest absolute Gasteiger partial charge is 0.339 e. The van der Waals surface area contributed by atoms with Crippen LogP contribution in [0.15, 0.2) is 24.3 Å². The number of nitrogens with zero attached hydrogens (tertiary/aromatic N) is 1. The van der Waals surface area contributed by atoms with Gasteiger partial charge in [0.1, 0.15) is 5.82 Å². The number of carbonyl (C=O) groups excluding carboxylic acids is 1. The number of thioether (sulfide) groups is 1. The topological polar surface area (TPSA) is 54.5 Å². The molecule has 0 aliphatic carbocycles. The van der Waals surface area contributed by atoms with Crippen molar-refractivity contribution in [1.29, 1.82) is 0 Å². The molecule has 1 amide bonds. The molecule has 0 bridgehead atoms. The molecule has 3 rings (SSSR count). The molecule has 2 unspecified atom stereocenters. The standard InChI is InChI=1S/C17H22FNO3S2/c18-14-4-1-3-13(9-14)10-15-5-2-7-19(15)17(20)11-23-16-6-8-24(21,22)12-16/h1,3-4,9,15-16H,2,5-8,10-12H2. The molecule has 0 aromatic heterocycles. The van der Waals surface area contributed by atoms with Crippen LogP contribution in [0, 0.1) is 5.82 Å². The lowest BCUT2D eigenvalue weighted by Crippen LogP contribution is -2.38. The van der Waals surface area contributed by atoms with Crippen LogP contribution in [0.3, 0.4) is 0 Å². The van der Waals surface area contributed by atoms with Crippen LogP contribution in [0.2, 0.25) is 0 Å². The summed E-state index contributed by atoms with van der Waals surface area (Å²) in [7, 11) is -2.90. The van der Waals surface area contributed by atoms with Crippen molar-refractivity contribution in [1.82, 2.24) is 4.90 Å². The molecule has 7 heteroatoms. The van der Waals surface area contributed by atoms with Gasteiger partial charge in [0, 0.05) is 17.8 Å². The molecular formula is C17H22FNO3S2. The number of halogens is 1. The van der Waals surface area contributed by atoms with Crippen LogP contribution in [0.4, 0.5) is 4.39 Å². The van der Waals surface area contributed by atoms with E-state index in [9.17, 15) is 17.6 Å². The third kappa shape index (κ3) is 4.51. The molecule has 0 spiro atoms. The molecule has 2 saturated heterocycles. The van der Waals surface area contributed by atoms with Crippen molar-refractivity contribution in [2.24, 2.45) is 0 Å². The minimum absolute atomic E-state index is 0.0447. The van der Waals surface area contributed by atoms with Gasteiger partial charge in [0.2, 0.25) is 5.91 Å². The highest BCUT2D eigenvalue weighted by Crippen LogP contribution is 2.27. The van der Waals surface area contributed by atoms with Crippen LogP contribution in [0.5, 0.6) is 0 Å². The lowest BCUT2D eigenvalue weighted by molar-refractivity contribution is -0.129. The monoisotopic (exact) mass is 371 g/mol. The summed E-state index contributed by atoms with van der Waals surface area (Å²) in [4.78, 5) is 14.4. The first-order chi connectivity index (χ1) is 11.4. The fourth-order valence-electron chi connectivity index (χ4n) is 3.48. The molecular weight excluding hydrogens is 349 g/mol. The average molecular weight is 371 g/mol. The molecule has 0 N–H and O–H groups in total. The lowest BCUT2D eigenvalue weighted by Gasteiger charge is -2.25. The van der Waals surface area contributed by atoms with E-state index in [1.807, 2.05) is 11.0 Å². The van der Waals surface area contributed by atoms with Gasteiger partial charge in [-0.05, 0) is 43.4 Å². The Labute approximate surface area is 146 Å². The molecule has 2 aliphatic rings. The van der Waals surface area contributed by atoms with Crippen LogP contribution < -0.4 is 0 Å². The van der Waals surface area contributed by atoms with E-state index in [0.717, 1.165) is 24.9 Å². The fraction of sp³-hybridized carbons (Fsp3) is 0.588. The second kappa shape index (κ2) is 7.44. The summed E-state index contributed by atoms with van der Waals surface area (Å²) in [5.74, 6) is 0.590.